The molecule has 0 radical (unpaired) electrons. The Morgan fingerprint density at radius 1 is 0.881 bits per heavy atom. The third-order valence-electron chi connectivity index (χ3n) is 7.02. The first-order valence-corrected chi connectivity index (χ1v) is 15.4. The summed E-state index contributed by atoms with van der Waals surface area (Å²) < 4.78 is 38.9. The van der Waals surface area contributed by atoms with Gasteiger partial charge in [-0.25, -0.2) is 13.4 Å². The molecule has 1 amide bonds. The molecule has 0 saturated carbocycles. The lowest BCUT2D eigenvalue weighted by Gasteiger charge is -2.30. The average molecular weight is 585 g/mol. The van der Waals surface area contributed by atoms with Crippen LogP contribution in [0.2, 0.25) is 0 Å². The molecule has 8 nitrogen and oxygen atoms in total. The quantitative estimate of drug-likeness (QED) is 0.221. The molecule has 0 spiro atoms. The molecule has 0 bridgehead atoms. The fraction of sp³-hybridized carbons (Fsp3) is 0.212. The van der Waals surface area contributed by atoms with E-state index in [1.165, 1.54) is 0 Å². The van der Waals surface area contributed by atoms with Gasteiger partial charge in [-0.1, -0.05) is 66.7 Å². The number of hydrogen-bond acceptors (Lipinski definition) is 7. The molecule has 2 atom stereocenters. The highest BCUT2D eigenvalue weighted by molar-refractivity contribution is 7.91. The van der Waals surface area contributed by atoms with Crippen molar-refractivity contribution in [3.05, 3.63) is 126 Å². The van der Waals surface area contributed by atoms with Gasteiger partial charge in [-0.15, -0.1) is 0 Å². The third-order valence-corrected chi connectivity index (χ3v) is 8.75. The number of nitrogens with one attached hydrogen (secondary N) is 1. The summed E-state index contributed by atoms with van der Waals surface area (Å²) in [6.45, 7) is 0.415. The minimum absolute atomic E-state index is 0.0384. The monoisotopic (exact) mass is 584 g/mol. The summed E-state index contributed by atoms with van der Waals surface area (Å²) in [6, 6.07) is 33.5. The second-order valence-electron chi connectivity index (χ2n) is 9.90. The zero-order chi connectivity index (χ0) is 29.4. The SMILES string of the molecule is O=C(Nc1ccccc1)[C@]1(CCS(=O)(=O)c2ccccc2)N=C(c2ccc(OCCCO)cc2)O[C@@H]1c1ccccc1. The molecule has 0 aliphatic carbocycles. The van der Waals surface area contributed by atoms with E-state index in [1.807, 2.05) is 36.4 Å². The van der Waals surface area contributed by atoms with Crippen molar-refractivity contribution in [1.82, 2.24) is 0 Å². The van der Waals surface area contributed by atoms with Crippen LogP contribution in [0.15, 0.2) is 125 Å². The van der Waals surface area contributed by atoms with Crippen LogP contribution in [0, 0.1) is 0 Å². The smallest absolute Gasteiger partial charge is 0.256 e. The molecule has 42 heavy (non-hydrogen) atoms. The molecule has 0 unspecified atom stereocenters. The lowest BCUT2D eigenvalue weighted by molar-refractivity contribution is -0.123. The molecule has 0 fully saturated rings. The van der Waals surface area contributed by atoms with Gasteiger partial charge in [-0.05, 0) is 54.1 Å². The summed E-state index contributed by atoms with van der Waals surface area (Å²) in [6.07, 6.45) is -0.487. The maximum Gasteiger partial charge on any atom is 0.256 e. The number of nitrogens with zero attached hydrogens (tertiary/aromatic N) is 1. The summed E-state index contributed by atoms with van der Waals surface area (Å²) in [5, 5.41) is 12.0. The highest BCUT2D eigenvalue weighted by atomic mass is 32.2. The Bertz CT molecular complexity index is 1610. The first-order valence-electron chi connectivity index (χ1n) is 13.7. The average Bonchev–Trinajstić information content (AvgIpc) is 3.43. The Kier molecular flexibility index (Phi) is 9.00. The molecule has 4 aromatic carbocycles. The molecule has 1 aliphatic heterocycles. The number of aliphatic imine (C=N–C) groups is 1. The molecule has 0 saturated heterocycles. The van der Waals surface area contributed by atoms with Crippen molar-refractivity contribution in [3.8, 4) is 5.75 Å². The normalized spacial score (nSPS) is 18.1. The van der Waals surface area contributed by atoms with E-state index in [0.29, 0.717) is 35.6 Å². The number of rotatable bonds is 12. The van der Waals surface area contributed by atoms with Gasteiger partial charge in [0.25, 0.3) is 5.91 Å². The van der Waals surface area contributed by atoms with Crippen LogP contribution in [0.4, 0.5) is 5.69 Å². The van der Waals surface area contributed by atoms with Gasteiger partial charge in [-0.3, -0.25) is 4.79 Å². The van der Waals surface area contributed by atoms with Crippen LogP contribution in [-0.4, -0.2) is 49.8 Å². The highest BCUT2D eigenvalue weighted by Crippen LogP contribution is 2.43. The van der Waals surface area contributed by atoms with Crippen LogP contribution in [-0.2, 0) is 19.4 Å². The van der Waals surface area contributed by atoms with E-state index in [9.17, 15) is 13.2 Å². The summed E-state index contributed by atoms with van der Waals surface area (Å²) in [4.78, 5) is 19.3. The second-order valence-corrected chi connectivity index (χ2v) is 12.0. The second kappa shape index (κ2) is 13.0. The highest BCUT2D eigenvalue weighted by Gasteiger charge is 2.53. The lowest BCUT2D eigenvalue weighted by Crippen LogP contribution is -2.46. The van der Waals surface area contributed by atoms with Gasteiger partial charge in [0.1, 0.15) is 5.75 Å². The van der Waals surface area contributed by atoms with Crippen LogP contribution >= 0.6 is 0 Å². The number of carbonyl (C=O) groups is 1. The van der Waals surface area contributed by atoms with Crippen LogP contribution in [0.1, 0.15) is 30.1 Å². The predicted octanol–water partition coefficient (Wildman–Crippen LogP) is 5.21. The number of ether oxygens (including phenoxy) is 2. The number of benzene rings is 4. The van der Waals surface area contributed by atoms with E-state index < -0.39 is 27.4 Å². The van der Waals surface area contributed by atoms with Crippen molar-refractivity contribution in [3.63, 3.8) is 0 Å². The van der Waals surface area contributed by atoms with Crippen LogP contribution < -0.4 is 10.1 Å². The van der Waals surface area contributed by atoms with E-state index >= 15 is 0 Å². The Hall–Kier alpha value is -4.47. The van der Waals surface area contributed by atoms with E-state index in [2.05, 4.69) is 5.32 Å². The van der Waals surface area contributed by atoms with Crippen molar-refractivity contribution in [1.29, 1.82) is 0 Å². The van der Waals surface area contributed by atoms with Gasteiger partial charge >= 0.3 is 0 Å². The summed E-state index contributed by atoms with van der Waals surface area (Å²) in [5.74, 6) is 0.0589. The van der Waals surface area contributed by atoms with Gasteiger partial charge in [0.15, 0.2) is 21.5 Å². The number of carbonyl (C=O) groups excluding carboxylic acids is 1. The van der Waals surface area contributed by atoms with Crippen LogP contribution in [0.5, 0.6) is 5.75 Å². The van der Waals surface area contributed by atoms with Crippen molar-refractivity contribution < 1.29 is 27.8 Å². The number of para-hydroxylation sites is 1. The molecule has 216 valence electrons. The summed E-state index contributed by atoms with van der Waals surface area (Å²) >= 11 is 0. The van der Waals surface area contributed by atoms with E-state index in [1.54, 1.807) is 78.9 Å². The number of hydrogen-bond donors (Lipinski definition) is 2. The van der Waals surface area contributed by atoms with Gasteiger partial charge < -0.3 is 19.9 Å². The molecular formula is C33H32N2O6S. The van der Waals surface area contributed by atoms with Gasteiger partial charge in [0.2, 0.25) is 5.90 Å². The Balaban J connectivity index is 1.55. The van der Waals surface area contributed by atoms with Crippen LogP contribution in [0.3, 0.4) is 0 Å². The van der Waals surface area contributed by atoms with E-state index in [0.717, 1.165) is 0 Å². The molecule has 9 heteroatoms. The van der Waals surface area contributed by atoms with Gasteiger partial charge in [0.05, 0.1) is 17.3 Å². The number of anilines is 1. The minimum atomic E-state index is -3.74. The van der Waals surface area contributed by atoms with Crippen molar-refractivity contribution >= 4 is 27.3 Å². The third kappa shape index (κ3) is 6.53. The van der Waals surface area contributed by atoms with Gasteiger partial charge in [-0.2, -0.15) is 0 Å². The molecule has 1 heterocycles. The first kappa shape index (κ1) is 29.0. The maximum atomic E-state index is 14.2. The molecule has 0 aromatic heterocycles. The van der Waals surface area contributed by atoms with Gasteiger partial charge in [0, 0.05) is 30.7 Å². The molecular weight excluding hydrogens is 552 g/mol. The number of amides is 1. The Morgan fingerprint density at radius 3 is 2.14 bits per heavy atom. The maximum absolute atomic E-state index is 14.2. The fourth-order valence-corrected chi connectivity index (χ4v) is 6.18. The zero-order valence-electron chi connectivity index (χ0n) is 22.9. The topological polar surface area (TPSA) is 114 Å². The summed E-state index contributed by atoms with van der Waals surface area (Å²) in [7, 11) is -3.74. The van der Waals surface area contributed by atoms with Crippen molar-refractivity contribution in [2.24, 2.45) is 4.99 Å². The van der Waals surface area contributed by atoms with E-state index in [4.69, 9.17) is 19.6 Å². The van der Waals surface area contributed by atoms with Crippen LogP contribution in [0.25, 0.3) is 0 Å². The van der Waals surface area contributed by atoms with Crippen molar-refractivity contribution in [2.75, 3.05) is 24.3 Å². The standard InChI is InChI=1S/C33H32N2O6S/c36-22-10-23-40-28-19-17-26(18-20-28)31-35-33(30(41-31)25-11-4-1-5-12-25,32(37)34-27-13-6-2-7-14-27)21-24-42(38,39)29-15-8-3-9-16-29/h1-9,11-20,30,36H,10,21-24H2,(H,34,37)/t30-,33-/m1/s1. The largest absolute Gasteiger partial charge is 0.494 e. The number of sulfone groups is 1. The summed E-state index contributed by atoms with van der Waals surface area (Å²) in [5.41, 5.74) is 0.281. The number of aliphatic hydroxyl groups is 1. The molecule has 1 aliphatic rings. The lowest BCUT2D eigenvalue weighted by atomic mass is 9.85. The Morgan fingerprint density at radius 2 is 1.50 bits per heavy atom. The molecule has 4 aromatic rings. The number of aliphatic hydroxyl groups excluding tert-OH is 1. The molecule has 2 N–H and O–H groups in total. The minimum Gasteiger partial charge on any atom is -0.494 e. The molecule has 5 rings (SSSR count). The first-order chi connectivity index (χ1) is 20.4. The van der Waals surface area contributed by atoms with Crippen molar-refractivity contribution in [2.45, 2.75) is 29.4 Å². The zero-order valence-corrected chi connectivity index (χ0v) is 23.7. The van der Waals surface area contributed by atoms with E-state index in [-0.39, 0.29) is 29.6 Å². The fourth-order valence-electron chi connectivity index (χ4n) is 4.79. The Labute approximate surface area is 245 Å². The predicted molar refractivity (Wildman–Crippen MR) is 161 cm³/mol.